The van der Waals surface area contributed by atoms with Gasteiger partial charge in [0.05, 0.1) is 17.6 Å². The zero-order chi connectivity index (χ0) is 31.8. The summed E-state index contributed by atoms with van der Waals surface area (Å²) >= 11 is 0. The zero-order valence-corrected chi connectivity index (χ0v) is 24.4. The standard InChI is InChI=1S/C30H32FN7O6/c1-17-14-18(7-8-19(17)31)15-33-24(41)21-22(39)26(43)38-16-29(35-23(40)20-6-4-5-13-32-20)9-11-30(12-10-29,28(38)34-21)36-25(42)27(44)37(2)3/h4-8,13-14,39H,9-12,15-16H2,1-3H3,(H,33,41)(H,35,40)(H,36,42). The minimum Gasteiger partial charge on any atom is -0.501 e. The predicted octanol–water partition coefficient (Wildman–Crippen LogP) is 0.878. The number of likely N-dealkylation sites (N-methyl/N-ethyl adjacent to an activating group) is 1. The van der Waals surface area contributed by atoms with Gasteiger partial charge in [0.1, 0.15) is 17.3 Å². The fourth-order valence-corrected chi connectivity index (χ4v) is 5.76. The van der Waals surface area contributed by atoms with Gasteiger partial charge in [-0.3, -0.25) is 33.5 Å². The van der Waals surface area contributed by atoms with Crippen LogP contribution in [0.15, 0.2) is 47.4 Å². The van der Waals surface area contributed by atoms with Gasteiger partial charge in [-0.1, -0.05) is 18.2 Å². The number of aryl methyl sites for hydroxylation is 1. The Bertz CT molecular complexity index is 1710. The lowest BCUT2D eigenvalue weighted by atomic mass is 9.73. The van der Waals surface area contributed by atoms with Gasteiger partial charge in [-0.05, 0) is 61.9 Å². The number of carbonyl (C=O) groups is 4. The monoisotopic (exact) mass is 605 g/mol. The summed E-state index contributed by atoms with van der Waals surface area (Å²) < 4.78 is 14.8. The number of fused-ring (bicyclic) bond motifs is 2. The molecule has 4 heterocycles. The van der Waals surface area contributed by atoms with E-state index in [9.17, 15) is 33.5 Å². The van der Waals surface area contributed by atoms with Gasteiger partial charge < -0.3 is 26.0 Å². The number of hydrogen-bond acceptors (Lipinski definition) is 8. The van der Waals surface area contributed by atoms with Crippen LogP contribution in [-0.4, -0.2) is 67.8 Å². The number of aromatic nitrogens is 3. The van der Waals surface area contributed by atoms with Gasteiger partial charge in [-0.2, -0.15) is 0 Å². The number of aromatic hydroxyl groups is 1. The first-order valence-corrected chi connectivity index (χ1v) is 14.0. The highest BCUT2D eigenvalue weighted by Crippen LogP contribution is 2.45. The third-order valence-corrected chi connectivity index (χ3v) is 8.21. The van der Waals surface area contributed by atoms with Crippen molar-refractivity contribution in [2.24, 2.45) is 0 Å². The largest absolute Gasteiger partial charge is 0.501 e. The van der Waals surface area contributed by atoms with Crippen LogP contribution >= 0.6 is 0 Å². The van der Waals surface area contributed by atoms with Crippen molar-refractivity contribution in [3.63, 3.8) is 0 Å². The summed E-state index contributed by atoms with van der Waals surface area (Å²) in [5.74, 6) is -4.44. The Kier molecular flexibility index (Phi) is 7.93. The number of benzene rings is 1. The summed E-state index contributed by atoms with van der Waals surface area (Å²) in [4.78, 5) is 75.3. The normalized spacial score (nSPS) is 20.2. The Labute approximate surface area is 251 Å². The Morgan fingerprint density at radius 1 is 1.05 bits per heavy atom. The Morgan fingerprint density at radius 3 is 2.41 bits per heavy atom. The molecular weight excluding hydrogens is 573 g/mol. The van der Waals surface area contributed by atoms with Crippen LogP contribution in [-0.2, 0) is 28.2 Å². The molecule has 2 aliphatic heterocycles. The number of pyridine rings is 1. The van der Waals surface area contributed by atoms with Crippen LogP contribution < -0.4 is 21.5 Å². The second-order valence-electron chi connectivity index (χ2n) is 11.5. The molecule has 0 radical (unpaired) electrons. The summed E-state index contributed by atoms with van der Waals surface area (Å²) in [5.41, 5.74) is -2.73. The van der Waals surface area contributed by atoms with E-state index < -0.39 is 57.5 Å². The Balaban J connectivity index is 1.54. The van der Waals surface area contributed by atoms with Crippen molar-refractivity contribution in [3.8, 4) is 5.75 Å². The van der Waals surface area contributed by atoms with Crippen LogP contribution in [0, 0.1) is 12.7 Å². The number of nitrogens with one attached hydrogen (secondary N) is 3. The second-order valence-corrected chi connectivity index (χ2v) is 11.5. The molecule has 0 spiro atoms. The first-order valence-electron chi connectivity index (χ1n) is 14.0. The maximum absolute atomic E-state index is 13.7. The smallest absolute Gasteiger partial charge is 0.311 e. The van der Waals surface area contributed by atoms with Gasteiger partial charge in [0.2, 0.25) is 5.75 Å². The molecule has 4 amide bonds. The lowest BCUT2D eigenvalue weighted by Crippen LogP contribution is -2.57. The molecule has 3 aliphatic rings. The molecule has 2 aromatic heterocycles. The molecule has 13 nitrogen and oxygen atoms in total. The SMILES string of the molecule is Cc1cc(CNC(=O)c2nc3n(c(=O)c2O)CC2(NC(=O)c4ccccn4)CCC3(NC(=O)C(=O)N(C)C)CC2)ccc1F. The van der Waals surface area contributed by atoms with E-state index in [0.29, 0.717) is 11.1 Å². The molecule has 0 saturated heterocycles. The molecule has 1 saturated carbocycles. The third-order valence-electron chi connectivity index (χ3n) is 8.21. The van der Waals surface area contributed by atoms with Crippen molar-refractivity contribution >= 4 is 23.6 Å². The fourth-order valence-electron chi connectivity index (χ4n) is 5.76. The summed E-state index contributed by atoms with van der Waals surface area (Å²) in [6.45, 7) is 1.42. The van der Waals surface area contributed by atoms with Crippen molar-refractivity contribution < 1.29 is 28.7 Å². The van der Waals surface area contributed by atoms with E-state index in [4.69, 9.17) is 0 Å². The number of hydrogen-bond donors (Lipinski definition) is 4. The molecule has 0 unspecified atom stereocenters. The molecule has 0 atom stereocenters. The number of carbonyl (C=O) groups excluding carboxylic acids is 4. The minimum atomic E-state index is -1.37. The molecule has 2 bridgehead atoms. The second kappa shape index (κ2) is 11.5. The molecule has 230 valence electrons. The van der Waals surface area contributed by atoms with Crippen LogP contribution in [0.25, 0.3) is 0 Å². The number of rotatable bonds is 6. The quantitative estimate of drug-likeness (QED) is 0.300. The van der Waals surface area contributed by atoms with Crippen LogP contribution in [0.1, 0.15) is 63.6 Å². The predicted molar refractivity (Wildman–Crippen MR) is 154 cm³/mol. The van der Waals surface area contributed by atoms with E-state index >= 15 is 0 Å². The topological polar surface area (TPSA) is 176 Å². The molecule has 44 heavy (non-hydrogen) atoms. The van der Waals surface area contributed by atoms with Crippen LogP contribution in [0.5, 0.6) is 5.75 Å². The van der Waals surface area contributed by atoms with Crippen molar-refractivity contribution in [3.05, 3.63) is 87.1 Å². The van der Waals surface area contributed by atoms with Gasteiger partial charge in [0, 0.05) is 26.8 Å². The first kappa shape index (κ1) is 30.3. The van der Waals surface area contributed by atoms with Crippen molar-refractivity contribution in [2.45, 2.75) is 56.8 Å². The highest BCUT2D eigenvalue weighted by Gasteiger charge is 2.52. The van der Waals surface area contributed by atoms with Crippen LogP contribution in [0.2, 0.25) is 0 Å². The van der Waals surface area contributed by atoms with E-state index in [1.54, 1.807) is 31.2 Å². The van der Waals surface area contributed by atoms with Crippen molar-refractivity contribution in [2.75, 3.05) is 14.1 Å². The summed E-state index contributed by atoms with van der Waals surface area (Å²) in [5, 5.41) is 19.2. The molecule has 1 fully saturated rings. The Morgan fingerprint density at radius 2 is 1.77 bits per heavy atom. The number of amides is 4. The average molecular weight is 606 g/mol. The summed E-state index contributed by atoms with van der Waals surface area (Å²) in [6, 6.07) is 9.20. The van der Waals surface area contributed by atoms with Crippen molar-refractivity contribution in [1.29, 1.82) is 0 Å². The van der Waals surface area contributed by atoms with Gasteiger partial charge in [-0.15, -0.1) is 0 Å². The Hall–Kier alpha value is -5.14. The molecule has 3 aromatic rings. The summed E-state index contributed by atoms with van der Waals surface area (Å²) in [7, 11) is 2.84. The lowest BCUT2D eigenvalue weighted by molar-refractivity contribution is -0.145. The maximum Gasteiger partial charge on any atom is 0.311 e. The number of nitrogens with zero attached hydrogens (tertiary/aromatic N) is 4. The average Bonchev–Trinajstić information content (AvgIpc) is 3.22. The summed E-state index contributed by atoms with van der Waals surface area (Å²) in [6.07, 6.45) is 2.35. The third kappa shape index (κ3) is 5.62. The molecule has 1 aliphatic carbocycles. The highest BCUT2D eigenvalue weighted by molar-refractivity contribution is 6.35. The van der Waals surface area contributed by atoms with E-state index in [0.717, 1.165) is 9.47 Å². The molecule has 4 N–H and O–H groups in total. The van der Waals surface area contributed by atoms with E-state index in [2.05, 4.69) is 25.9 Å². The minimum absolute atomic E-state index is 0.0190. The molecule has 14 heteroatoms. The molecule has 6 rings (SSSR count). The first-order chi connectivity index (χ1) is 20.8. The van der Waals surface area contributed by atoms with E-state index in [-0.39, 0.29) is 50.3 Å². The van der Waals surface area contributed by atoms with E-state index in [1.807, 2.05) is 0 Å². The maximum atomic E-state index is 13.7. The van der Waals surface area contributed by atoms with Crippen molar-refractivity contribution in [1.82, 2.24) is 35.4 Å². The molecule has 1 aromatic carbocycles. The van der Waals surface area contributed by atoms with E-state index in [1.165, 1.54) is 32.4 Å². The molecular formula is C30H32FN7O6. The lowest BCUT2D eigenvalue weighted by Gasteiger charge is -2.42. The zero-order valence-electron chi connectivity index (χ0n) is 24.4. The number of halogens is 1. The van der Waals surface area contributed by atoms with Gasteiger partial charge in [0.15, 0.2) is 5.69 Å². The van der Waals surface area contributed by atoms with Crippen LogP contribution in [0.3, 0.4) is 0 Å². The van der Waals surface area contributed by atoms with Gasteiger partial charge in [0.25, 0.3) is 17.4 Å². The fraction of sp³-hybridized carbons (Fsp3) is 0.367. The van der Waals surface area contributed by atoms with Gasteiger partial charge in [-0.25, -0.2) is 9.37 Å². The highest BCUT2D eigenvalue weighted by atomic mass is 19.1. The van der Waals surface area contributed by atoms with Gasteiger partial charge >= 0.3 is 11.8 Å². The van der Waals surface area contributed by atoms with Crippen LogP contribution in [0.4, 0.5) is 4.39 Å².